The molecule has 2 aliphatic rings. The van der Waals surface area contributed by atoms with Crippen LogP contribution in [0.3, 0.4) is 0 Å². The predicted octanol–water partition coefficient (Wildman–Crippen LogP) is 2.77. The third-order valence-electron chi connectivity index (χ3n) is 4.06. The molecule has 0 atom stereocenters. The Morgan fingerprint density at radius 3 is 2.12 bits per heavy atom. The number of halogens is 1. The standard InChI is InChI=1S/C13H22FNO/c1-12(2,3)11(16)15-6-4-13(5-7-15)8-10(14)9-13/h10H,4-9H2,1-3H3. The molecule has 0 aromatic heterocycles. The number of hydrogen-bond acceptors (Lipinski definition) is 1. The zero-order chi connectivity index (χ0) is 12.0. The number of amides is 1. The van der Waals surface area contributed by atoms with Crippen molar-refractivity contribution in [1.29, 1.82) is 0 Å². The number of nitrogens with zero attached hydrogens (tertiary/aromatic N) is 1. The summed E-state index contributed by atoms with van der Waals surface area (Å²) in [6.45, 7) is 7.52. The number of likely N-dealkylation sites (tertiary alicyclic amines) is 1. The quantitative estimate of drug-likeness (QED) is 0.623. The number of rotatable bonds is 0. The maximum Gasteiger partial charge on any atom is 0.227 e. The summed E-state index contributed by atoms with van der Waals surface area (Å²) in [5.74, 6) is 0.235. The second kappa shape index (κ2) is 3.71. The van der Waals surface area contributed by atoms with Gasteiger partial charge in [0.1, 0.15) is 6.17 Å². The lowest BCUT2D eigenvalue weighted by atomic mass is 9.62. The molecule has 1 spiro atoms. The Bertz CT molecular complexity index is 279. The zero-order valence-electron chi connectivity index (χ0n) is 10.6. The Morgan fingerprint density at radius 1 is 1.25 bits per heavy atom. The minimum absolute atomic E-state index is 0.235. The van der Waals surface area contributed by atoms with Crippen molar-refractivity contribution in [1.82, 2.24) is 4.90 Å². The first-order chi connectivity index (χ1) is 7.32. The van der Waals surface area contributed by atoms with Gasteiger partial charge in [0.2, 0.25) is 5.91 Å². The first kappa shape index (κ1) is 11.9. The summed E-state index contributed by atoms with van der Waals surface area (Å²) in [6.07, 6.45) is 2.87. The Kier molecular flexibility index (Phi) is 2.75. The number of piperidine rings is 1. The van der Waals surface area contributed by atoms with Crippen LogP contribution in [0.15, 0.2) is 0 Å². The second-order valence-corrected chi connectivity index (χ2v) is 6.55. The minimum atomic E-state index is -0.579. The van der Waals surface area contributed by atoms with E-state index >= 15 is 0 Å². The van der Waals surface area contributed by atoms with Gasteiger partial charge in [-0.2, -0.15) is 0 Å². The Morgan fingerprint density at radius 2 is 1.75 bits per heavy atom. The summed E-state index contributed by atoms with van der Waals surface area (Å²) in [5, 5.41) is 0. The van der Waals surface area contributed by atoms with Gasteiger partial charge in [-0.3, -0.25) is 4.79 Å². The molecule has 2 rings (SSSR count). The molecule has 92 valence electrons. The van der Waals surface area contributed by atoms with E-state index in [2.05, 4.69) is 0 Å². The fraction of sp³-hybridized carbons (Fsp3) is 0.923. The summed E-state index contributed by atoms with van der Waals surface area (Å²) in [4.78, 5) is 14.0. The van der Waals surface area contributed by atoms with E-state index in [0.29, 0.717) is 0 Å². The Labute approximate surface area is 97.2 Å². The molecule has 0 aromatic rings. The molecule has 0 aromatic carbocycles. The predicted molar refractivity (Wildman–Crippen MR) is 61.8 cm³/mol. The monoisotopic (exact) mass is 227 g/mol. The van der Waals surface area contributed by atoms with Crippen LogP contribution in [-0.2, 0) is 4.79 Å². The molecule has 1 amide bonds. The topological polar surface area (TPSA) is 20.3 Å². The van der Waals surface area contributed by atoms with Gasteiger partial charge in [0, 0.05) is 18.5 Å². The van der Waals surface area contributed by atoms with E-state index in [1.54, 1.807) is 0 Å². The van der Waals surface area contributed by atoms with Gasteiger partial charge in [0.15, 0.2) is 0 Å². The lowest BCUT2D eigenvalue weighted by Gasteiger charge is -2.50. The highest BCUT2D eigenvalue weighted by molar-refractivity contribution is 5.81. The van der Waals surface area contributed by atoms with Crippen molar-refractivity contribution in [3.8, 4) is 0 Å². The van der Waals surface area contributed by atoms with Gasteiger partial charge < -0.3 is 4.90 Å². The molecule has 1 heterocycles. The highest BCUT2D eigenvalue weighted by atomic mass is 19.1. The molecule has 16 heavy (non-hydrogen) atoms. The third-order valence-corrected chi connectivity index (χ3v) is 4.06. The average molecular weight is 227 g/mol. The van der Waals surface area contributed by atoms with Crippen molar-refractivity contribution < 1.29 is 9.18 Å². The van der Waals surface area contributed by atoms with Crippen LogP contribution in [0.2, 0.25) is 0 Å². The Balaban J connectivity index is 1.88. The molecule has 1 aliphatic carbocycles. The molecule has 0 radical (unpaired) electrons. The first-order valence-corrected chi connectivity index (χ1v) is 6.26. The number of alkyl halides is 1. The van der Waals surface area contributed by atoms with Crippen LogP contribution in [0.1, 0.15) is 46.5 Å². The molecule has 1 saturated carbocycles. The lowest BCUT2D eigenvalue weighted by molar-refractivity contribution is -0.143. The van der Waals surface area contributed by atoms with Gasteiger partial charge in [0.05, 0.1) is 0 Å². The van der Waals surface area contributed by atoms with Crippen molar-refractivity contribution >= 4 is 5.91 Å². The third kappa shape index (κ3) is 2.09. The molecule has 0 bridgehead atoms. The molecule has 3 heteroatoms. The van der Waals surface area contributed by atoms with E-state index in [1.807, 2.05) is 25.7 Å². The van der Waals surface area contributed by atoms with E-state index in [-0.39, 0.29) is 16.7 Å². The van der Waals surface area contributed by atoms with Crippen LogP contribution in [0.25, 0.3) is 0 Å². The fourth-order valence-corrected chi connectivity index (χ4v) is 2.95. The van der Waals surface area contributed by atoms with E-state index < -0.39 is 6.17 Å². The highest BCUT2D eigenvalue weighted by Crippen LogP contribution is 2.50. The molecule has 0 N–H and O–H groups in total. The minimum Gasteiger partial charge on any atom is -0.342 e. The van der Waals surface area contributed by atoms with Gasteiger partial charge in [0.25, 0.3) is 0 Å². The summed E-state index contributed by atoms with van der Waals surface area (Å²) in [6, 6.07) is 0. The normalized spacial score (nSPS) is 25.6. The number of carbonyl (C=O) groups excluding carboxylic acids is 1. The van der Waals surface area contributed by atoms with Crippen LogP contribution in [-0.4, -0.2) is 30.1 Å². The smallest absolute Gasteiger partial charge is 0.227 e. The van der Waals surface area contributed by atoms with Gasteiger partial charge in [-0.1, -0.05) is 20.8 Å². The molecule has 2 fully saturated rings. The maximum atomic E-state index is 12.9. The van der Waals surface area contributed by atoms with Gasteiger partial charge in [-0.05, 0) is 31.1 Å². The van der Waals surface area contributed by atoms with Crippen molar-refractivity contribution in [3.63, 3.8) is 0 Å². The highest BCUT2D eigenvalue weighted by Gasteiger charge is 2.47. The Hall–Kier alpha value is -0.600. The van der Waals surface area contributed by atoms with E-state index in [9.17, 15) is 9.18 Å². The summed E-state index contributed by atoms with van der Waals surface area (Å²) in [5.41, 5.74) is -0.0409. The molecule has 1 aliphatic heterocycles. The summed E-state index contributed by atoms with van der Waals surface area (Å²) >= 11 is 0. The zero-order valence-corrected chi connectivity index (χ0v) is 10.6. The van der Waals surface area contributed by atoms with Crippen molar-refractivity contribution in [2.75, 3.05) is 13.1 Å². The van der Waals surface area contributed by atoms with Crippen LogP contribution in [0.4, 0.5) is 4.39 Å². The van der Waals surface area contributed by atoms with Crippen LogP contribution in [0, 0.1) is 10.8 Å². The second-order valence-electron chi connectivity index (χ2n) is 6.55. The average Bonchev–Trinajstić information content (AvgIpc) is 2.14. The SMILES string of the molecule is CC(C)(C)C(=O)N1CCC2(CC1)CC(F)C2. The molecular formula is C13H22FNO. The molecule has 1 saturated heterocycles. The summed E-state index contributed by atoms with van der Waals surface area (Å²) in [7, 11) is 0. The van der Waals surface area contributed by atoms with E-state index in [4.69, 9.17) is 0 Å². The van der Waals surface area contributed by atoms with E-state index in [0.717, 1.165) is 38.8 Å². The van der Waals surface area contributed by atoms with Crippen molar-refractivity contribution in [3.05, 3.63) is 0 Å². The molecule has 0 unspecified atom stereocenters. The largest absolute Gasteiger partial charge is 0.342 e. The molecule has 2 nitrogen and oxygen atoms in total. The van der Waals surface area contributed by atoms with E-state index in [1.165, 1.54) is 0 Å². The maximum absolute atomic E-state index is 12.9. The lowest BCUT2D eigenvalue weighted by Crippen LogP contribution is -2.51. The summed E-state index contributed by atoms with van der Waals surface area (Å²) < 4.78 is 12.9. The van der Waals surface area contributed by atoms with Gasteiger partial charge >= 0.3 is 0 Å². The van der Waals surface area contributed by atoms with Crippen molar-refractivity contribution in [2.45, 2.75) is 52.6 Å². The van der Waals surface area contributed by atoms with Gasteiger partial charge in [-0.25, -0.2) is 4.39 Å². The van der Waals surface area contributed by atoms with Crippen molar-refractivity contribution in [2.24, 2.45) is 10.8 Å². The van der Waals surface area contributed by atoms with Gasteiger partial charge in [-0.15, -0.1) is 0 Å². The number of hydrogen-bond donors (Lipinski definition) is 0. The van der Waals surface area contributed by atoms with Crippen LogP contribution in [0.5, 0.6) is 0 Å². The first-order valence-electron chi connectivity index (χ1n) is 6.26. The number of carbonyl (C=O) groups is 1. The fourth-order valence-electron chi connectivity index (χ4n) is 2.95. The molecular weight excluding hydrogens is 205 g/mol. The van der Waals surface area contributed by atoms with Crippen LogP contribution < -0.4 is 0 Å². The van der Waals surface area contributed by atoms with Crippen LogP contribution >= 0.6 is 0 Å².